The lowest BCUT2D eigenvalue weighted by Crippen LogP contribution is -2.30. The molecule has 5 heteroatoms. The van der Waals surface area contributed by atoms with Crippen molar-refractivity contribution in [1.82, 2.24) is 9.71 Å². The molecule has 0 saturated heterocycles. The summed E-state index contributed by atoms with van der Waals surface area (Å²) < 4.78 is 28.1. The highest BCUT2D eigenvalue weighted by atomic mass is 32.2. The third-order valence-electron chi connectivity index (χ3n) is 4.91. The summed E-state index contributed by atoms with van der Waals surface area (Å²) in [4.78, 5) is 3.30. The molecule has 0 aliphatic heterocycles. The highest BCUT2D eigenvalue weighted by Crippen LogP contribution is 2.30. The van der Waals surface area contributed by atoms with Crippen LogP contribution in [0.5, 0.6) is 0 Å². The lowest BCUT2D eigenvalue weighted by atomic mass is 9.91. The maximum Gasteiger partial charge on any atom is 0.215 e. The van der Waals surface area contributed by atoms with Gasteiger partial charge in [0.15, 0.2) is 0 Å². The number of H-pyrrole nitrogens is 1. The van der Waals surface area contributed by atoms with Crippen molar-refractivity contribution >= 4 is 20.9 Å². The van der Waals surface area contributed by atoms with Crippen molar-refractivity contribution in [1.29, 1.82) is 0 Å². The molecule has 1 aromatic heterocycles. The number of aromatic nitrogens is 1. The van der Waals surface area contributed by atoms with Crippen LogP contribution in [-0.2, 0) is 15.8 Å². The summed E-state index contributed by atoms with van der Waals surface area (Å²) in [7, 11) is -3.44. The molecule has 2 N–H and O–H groups in total. The highest BCUT2D eigenvalue weighted by Gasteiger charge is 2.21. The maximum absolute atomic E-state index is 12.6. The van der Waals surface area contributed by atoms with Crippen molar-refractivity contribution in [3.63, 3.8) is 0 Å². The molecule has 0 aliphatic rings. The Morgan fingerprint density at radius 3 is 2.21 bits per heavy atom. The molecule has 0 radical (unpaired) electrons. The summed E-state index contributed by atoms with van der Waals surface area (Å²) >= 11 is 0. The summed E-state index contributed by atoms with van der Waals surface area (Å²) in [6.45, 7) is 0.307. The van der Waals surface area contributed by atoms with Crippen LogP contribution in [0.4, 0.5) is 0 Å². The summed E-state index contributed by atoms with van der Waals surface area (Å²) in [5, 5.41) is 1.11. The van der Waals surface area contributed by atoms with Gasteiger partial charge in [-0.05, 0) is 22.8 Å². The fourth-order valence-electron chi connectivity index (χ4n) is 3.53. The number of hydrogen-bond donors (Lipinski definition) is 2. The zero-order valence-electron chi connectivity index (χ0n) is 15.4. The van der Waals surface area contributed by atoms with E-state index in [1.165, 1.54) is 0 Å². The molecular weight excluding hydrogens is 368 g/mol. The molecule has 1 heterocycles. The quantitative estimate of drug-likeness (QED) is 0.491. The van der Waals surface area contributed by atoms with Crippen molar-refractivity contribution in [2.45, 2.75) is 11.7 Å². The Labute approximate surface area is 165 Å². The van der Waals surface area contributed by atoms with Crippen LogP contribution in [0.1, 0.15) is 22.6 Å². The number of fused-ring (bicyclic) bond motifs is 1. The van der Waals surface area contributed by atoms with Crippen molar-refractivity contribution in [2.75, 3.05) is 6.54 Å². The molecule has 0 aliphatic carbocycles. The van der Waals surface area contributed by atoms with Gasteiger partial charge in [0.25, 0.3) is 0 Å². The van der Waals surface area contributed by atoms with Gasteiger partial charge in [0, 0.05) is 29.6 Å². The molecule has 4 nitrogen and oxygen atoms in total. The van der Waals surface area contributed by atoms with Gasteiger partial charge in [0.1, 0.15) is 0 Å². The van der Waals surface area contributed by atoms with E-state index in [4.69, 9.17) is 0 Å². The summed E-state index contributed by atoms with van der Waals surface area (Å²) in [5.41, 5.74) is 3.99. The first kappa shape index (κ1) is 18.5. The van der Waals surface area contributed by atoms with Crippen molar-refractivity contribution in [3.05, 3.63) is 108 Å². The van der Waals surface area contributed by atoms with Crippen molar-refractivity contribution < 1.29 is 8.42 Å². The fraction of sp³-hybridized carbons (Fsp3) is 0.130. The summed E-state index contributed by atoms with van der Waals surface area (Å²) in [6.07, 6.45) is 1.98. The molecule has 0 amide bonds. The Balaban J connectivity index is 1.62. The zero-order valence-corrected chi connectivity index (χ0v) is 16.2. The molecule has 4 rings (SSSR count). The number of nitrogens with one attached hydrogen (secondary N) is 2. The predicted octanol–water partition coefficient (Wildman–Crippen LogP) is 4.42. The van der Waals surface area contributed by atoms with Gasteiger partial charge in [-0.3, -0.25) is 0 Å². The van der Waals surface area contributed by atoms with Gasteiger partial charge in [-0.25, -0.2) is 13.1 Å². The lowest BCUT2D eigenvalue weighted by molar-refractivity contribution is 0.577. The van der Waals surface area contributed by atoms with E-state index in [9.17, 15) is 8.42 Å². The van der Waals surface area contributed by atoms with Crippen molar-refractivity contribution in [3.8, 4) is 0 Å². The summed E-state index contributed by atoms with van der Waals surface area (Å²) in [6, 6.07) is 27.3. The molecule has 0 bridgehead atoms. The minimum absolute atomic E-state index is 0.0246. The number of sulfonamides is 1. The van der Waals surface area contributed by atoms with E-state index in [1.54, 1.807) is 0 Å². The van der Waals surface area contributed by atoms with Gasteiger partial charge < -0.3 is 4.98 Å². The first-order valence-corrected chi connectivity index (χ1v) is 10.9. The summed E-state index contributed by atoms with van der Waals surface area (Å²) in [5.74, 6) is -0.105. The number of rotatable bonds is 7. The van der Waals surface area contributed by atoms with E-state index in [2.05, 4.69) is 15.8 Å². The largest absolute Gasteiger partial charge is 0.361 e. The standard InChI is InChI=1S/C23H22N2O2S/c26-28(27,17-18-9-3-1-4-10-18)25-16-21(19-11-5-2-6-12-19)22-15-24-23-14-8-7-13-20(22)23/h1-15,21,24-25H,16-17H2. The second-order valence-electron chi connectivity index (χ2n) is 6.85. The van der Waals surface area contributed by atoms with E-state index in [0.717, 1.165) is 27.6 Å². The van der Waals surface area contributed by atoms with Crippen LogP contribution in [-0.4, -0.2) is 19.9 Å². The number of hydrogen-bond acceptors (Lipinski definition) is 2. The average Bonchev–Trinajstić information content (AvgIpc) is 3.13. The van der Waals surface area contributed by atoms with Crippen LogP contribution in [0, 0.1) is 0 Å². The molecule has 0 fully saturated rings. The van der Waals surface area contributed by atoms with E-state index >= 15 is 0 Å². The van der Waals surface area contributed by atoms with Gasteiger partial charge >= 0.3 is 0 Å². The smallest absolute Gasteiger partial charge is 0.215 e. The van der Waals surface area contributed by atoms with E-state index < -0.39 is 10.0 Å². The minimum Gasteiger partial charge on any atom is -0.361 e. The Kier molecular flexibility index (Phi) is 5.28. The molecule has 0 spiro atoms. The van der Waals surface area contributed by atoms with Crippen LogP contribution in [0.2, 0.25) is 0 Å². The normalized spacial score (nSPS) is 12.9. The molecule has 1 unspecified atom stereocenters. The molecule has 4 aromatic rings. The van der Waals surface area contributed by atoms with E-state index in [1.807, 2.05) is 85.1 Å². The molecule has 142 valence electrons. The third-order valence-corrected chi connectivity index (χ3v) is 6.23. The zero-order chi connectivity index (χ0) is 19.4. The fourth-order valence-corrected chi connectivity index (χ4v) is 4.68. The Morgan fingerprint density at radius 2 is 1.46 bits per heavy atom. The molecule has 1 atom stereocenters. The second kappa shape index (κ2) is 8.00. The lowest BCUT2D eigenvalue weighted by Gasteiger charge is -2.18. The number of aromatic amines is 1. The van der Waals surface area contributed by atoms with E-state index in [0.29, 0.717) is 6.54 Å². The van der Waals surface area contributed by atoms with Gasteiger partial charge in [-0.15, -0.1) is 0 Å². The Bertz CT molecular complexity index is 1150. The molecular formula is C23H22N2O2S. The molecule has 3 aromatic carbocycles. The highest BCUT2D eigenvalue weighted by molar-refractivity contribution is 7.88. The topological polar surface area (TPSA) is 62.0 Å². The third kappa shape index (κ3) is 4.16. The van der Waals surface area contributed by atoms with Crippen LogP contribution >= 0.6 is 0 Å². The number of para-hydroxylation sites is 1. The first-order valence-electron chi connectivity index (χ1n) is 9.24. The van der Waals surface area contributed by atoms with Crippen LogP contribution in [0.25, 0.3) is 10.9 Å². The van der Waals surface area contributed by atoms with Gasteiger partial charge in [-0.1, -0.05) is 78.9 Å². The van der Waals surface area contributed by atoms with Crippen LogP contribution in [0.15, 0.2) is 91.1 Å². The van der Waals surface area contributed by atoms with Crippen molar-refractivity contribution in [2.24, 2.45) is 0 Å². The Morgan fingerprint density at radius 1 is 0.821 bits per heavy atom. The van der Waals surface area contributed by atoms with E-state index in [-0.39, 0.29) is 11.7 Å². The Hall–Kier alpha value is -2.89. The van der Waals surface area contributed by atoms with Crippen LogP contribution < -0.4 is 4.72 Å². The second-order valence-corrected chi connectivity index (χ2v) is 8.65. The van der Waals surface area contributed by atoms with Gasteiger partial charge in [-0.2, -0.15) is 0 Å². The maximum atomic E-state index is 12.6. The minimum atomic E-state index is -3.44. The van der Waals surface area contributed by atoms with Crippen LogP contribution in [0.3, 0.4) is 0 Å². The monoisotopic (exact) mass is 390 g/mol. The SMILES string of the molecule is O=S(=O)(Cc1ccccc1)NCC(c1ccccc1)c1c[nH]c2ccccc12. The average molecular weight is 391 g/mol. The van der Waals surface area contributed by atoms with Gasteiger partial charge in [0.05, 0.1) is 5.75 Å². The van der Waals surface area contributed by atoms with Gasteiger partial charge in [0.2, 0.25) is 10.0 Å². The molecule has 0 saturated carbocycles. The number of benzene rings is 3. The molecule has 28 heavy (non-hydrogen) atoms. The predicted molar refractivity (Wildman–Crippen MR) is 114 cm³/mol. The first-order chi connectivity index (χ1) is 13.6.